The minimum Gasteiger partial charge on any atom is -0.481 e. The summed E-state index contributed by atoms with van der Waals surface area (Å²) in [7, 11) is 0. The van der Waals surface area contributed by atoms with Gasteiger partial charge in [-0.05, 0) is 6.92 Å². The number of aryl methyl sites for hydroxylation is 1. The fraction of sp³-hybridized carbons (Fsp3) is 0.444. The molecule has 0 aliphatic carbocycles. The third-order valence-electron chi connectivity index (χ3n) is 1.56. The number of aliphatic carboxylic acids is 1. The van der Waals surface area contributed by atoms with Gasteiger partial charge < -0.3 is 10.4 Å². The Hall–Kier alpha value is -1.08. The predicted octanol–water partition coefficient (Wildman–Crippen LogP) is 1.60. The lowest BCUT2D eigenvalue weighted by Gasteiger charge is -2.00. The number of carbonyl (C=O) groups excluding carboxylic acids is 1. The van der Waals surface area contributed by atoms with E-state index in [0.717, 1.165) is 5.69 Å². The molecule has 0 radical (unpaired) electrons. The van der Waals surface area contributed by atoms with E-state index >= 15 is 0 Å². The Morgan fingerprint density at radius 3 is 2.94 bits per heavy atom. The Morgan fingerprint density at radius 2 is 2.38 bits per heavy atom. The number of nitrogens with zero attached hydrogens (tertiary/aromatic N) is 1. The standard InChI is InChI=1S/C9H12N2O3S2/c1-6-4-16-9(10-6)11-7(12)5-15-3-2-8(13)14/h4H,2-3,5H2,1H3,(H,13,14)(H,10,11,12). The van der Waals surface area contributed by atoms with Gasteiger partial charge in [-0.15, -0.1) is 11.3 Å². The van der Waals surface area contributed by atoms with Crippen LogP contribution >= 0.6 is 23.1 Å². The normalized spacial score (nSPS) is 10.1. The number of aromatic nitrogens is 1. The third kappa shape index (κ3) is 5.13. The van der Waals surface area contributed by atoms with Crippen LogP contribution in [0.1, 0.15) is 12.1 Å². The first kappa shape index (κ1) is 13.0. The van der Waals surface area contributed by atoms with E-state index in [4.69, 9.17) is 5.11 Å². The molecular weight excluding hydrogens is 248 g/mol. The van der Waals surface area contributed by atoms with Crippen LogP contribution in [-0.4, -0.2) is 33.5 Å². The summed E-state index contributed by atoms with van der Waals surface area (Å²) < 4.78 is 0. The van der Waals surface area contributed by atoms with E-state index < -0.39 is 5.97 Å². The number of hydrogen-bond donors (Lipinski definition) is 2. The number of rotatable bonds is 6. The number of carbonyl (C=O) groups is 2. The van der Waals surface area contributed by atoms with Crippen molar-refractivity contribution in [3.8, 4) is 0 Å². The maximum atomic E-state index is 11.4. The van der Waals surface area contributed by atoms with Crippen molar-refractivity contribution in [2.75, 3.05) is 16.8 Å². The molecular formula is C9H12N2O3S2. The SMILES string of the molecule is Cc1csc(NC(=O)CSCCC(=O)O)n1. The predicted molar refractivity (Wildman–Crippen MR) is 65.1 cm³/mol. The summed E-state index contributed by atoms with van der Waals surface area (Å²) in [5.41, 5.74) is 0.874. The number of anilines is 1. The zero-order valence-electron chi connectivity index (χ0n) is 8.73. The average Bonchev–Trinajstić information content (AvgIpc) is 2.58. The van der Waals surface area contributed by atoms with Gasteiger partial charge in [0.25, 0.3) is 0 Å². The van der Waals surface area contributed by atoms with Gasteiger partial charge in [-0.3, -0.25) is 9.59 Å². The molecule has 1 aromatic heterocycles. The molecule has 1 rings (SSSR count). The molecule has 88 valence electrons. The zero-order valence-corrected chi connectivity index (χ0v) is 10.4. The van der Waals surface area contributed by atoms with Gasteiger partial charge in [-0.1, -0.05) is 0 Å². The van der Waals surface area contributed by atoms with Gasteiger partial charge in [-0.2, -0.15) is 11.8 Å². The van der Waals surface area contributed by atoms with E-state index in [1.54, 1.807) is 0 Å². The van der Waals surface area contributed by atoms with E-state index in [1.807, 2.05) is 12.3 Å². The Morgan fingerprint density at radius 1 is 1.62 bits per heavy atom. The van der Waals surface area contributed by atoms with Crippen molar-refractivity contribution in [3.63, 3.8) is 0 Å². The molecule has 0 bridgehead atoms. The maximum absolute atomic E-state index is 11.4. The Labute approximate surface area is 101 Å². The quantitative estimate of drug-likeness (QED) is 0.759. The lowest BCUT2D eigenvalue weighted by atomic mass is 10.5. The highest BCUT2D eigenvalue weighted by Crippen LogP contribution is 2.14. The van der Waals surface area contributed by atoms with Crippen molar-refractivity contribution in [3.05, 3.63) is 11.1 Å². The molecule has 0 saturated heterocycles. The number of amides is 1. The van der Waals surface area contributed by atoms with E-state index in [2.05, 4.69) is 10.3 Å². The van der Waals surface area contributed by atoms with Crippen LogP contribution in [0.3, 0.4) is 0 Å². The smallest absolute Gasteiger partial charge is 0.304 e. The summed E-state index contributed by atoms with van der Waals surface area (Å²) in [4.78, 5) is 25.7. The molecule has 5 nitrogen and oxygen atoms in total. The topological polar surface area (TPSA) is 79.3 Å². The number of thiazole rings is 1. The second kappa shape index (κ2) is 6.49. The molecule has 16 heavy (non-hydrogen) atoms. The van der Waals surface area contributed by atoms with Crippen LogP contribution in [0.15, 0.2) is 5.38 Å². The number of carboxylic acids is 1. The van der Waals surface area contributed by atoms with Crippen LogP contribution in [0.2, 0.25) is 0 Å². The summed E-state index contributed by atoms with van der Waals surface area (Å²) in [6, 6.07) is 0. The summed E-state index contributed by atoms with van der Waals surface area (Å²) >= 11 is 2.68. The van der Waals surface area contributed by atoms with Crippen molar-refractivity contribution >= 4 is 40.1 Å². The Balaban J connectivity index is 2.18. The number of nitrogens with one attached hydrogen (secondary N) is 1. The average molecular weight is 260 g/mol. The highest BCUT2D eigenvalue weighted by Gasteiger charge is 2.05. The van der Waals surface area contributed by atoms with Gasteiger partial charge >= 0.3 is 5.97 Å². The monoisotopic (exact) mass is 260 g/mol. The molecule has 0 aliphatic rings. The van der Waals surface area contributed by atoms with Crippen molar-refractivity contribution in [1.82, 2.24) is 4.98 Å². The largest absolute Gasteiger partial charge is 0.481 e. The van der Waals surface area contributed by atoms with Gasteiger partial charge in [0.1, 0.15) is 0 Å². The second-order valence-corrected chi connectivity index (χ2v) is 5.00. The second-order valence-electron chi connectivity index (χ2n) is 3.04. The summed E-state index contributed by atoms with van der Waals surface area (Å²) in [6.07, 6.45) is 0.0777. The van der Waals surface area contributed by atoms with Crippen molar-refractivity contribution in [2.24, 2.45) is 0 Å². The van der Waals surface area contributed by atoms with E-state index in [1.165, 1.54) is 23.1 Å². The number of carboxylic acid groups (broad SMARTS) is 1. The number of hydrogen-bond acceptors (Lipinski definition) is 5. The van der Waals surface area contributed by atoms with E-state index in [-0.39, 0.29) is 18.1 Å². The fourth-order valence-electron chi connectivity index (χ4n) is 0.891. The van der Waals surface area contributed by atoms with E-state index in [9.17, 15) is 9.59 Å². The zero-order chi connectivity index (χ0) is 12.0. The third-order valence-corrected chi connectivity index (χ3v) is 3.39. The minimum atomic E-state index is -0.844. The molecule has 0 atom stereocenters. The summed E-state index contributed by atoms with van der Waals surface area (Å²) in [6.45, 7) is 1.85. The fourth-order valence-corrected chi connectivity index (χ4v) is 2.32. The van der Waals surface area contributed by atoms with Crippen LogP contribution in [0, 0.1) is 6.92 Å². The van der Waals surface area contributed by atoms with Crippen LogP contribution in [0.25, 0.3) is 0 Å². The molecule has 1 amide bonds. The molecule has 1 aromatic rings. The van der Waals surface area contributed by atoms with Gasteiger partial charge in [0.2, 0.25) is 5.91 Å². The van der Waals surface area contributed by atoms with Crippen LogP contribution in [0.4, 0.5) is 5.13 Å². The number of thioether (sulfide) groups is 1. The highest BCUT2D eigenvalue weighted by molar-refractivity contribution is 7.99. The lowest BCUT2D eigenvalue weighted by molar-refractivity contribution is -0.136. The molecule has 0 spiro atoms. The molecule has 0 saturated carbocycles. The molecule has 7 heteroatoms. The summed E-state index contributed by atoms with van der Waals surface area (Å²) in [5, 5.41) is 13.5. The van der Waals surface area contributed by atoms with E-state index in [0.29, 0.717) is 10.9 Å². The molecule has 0 aromatic carbocycles. The van der Waals surface area contributed by atoms with Crippen molar-refractivity contribution in [1.29, 1.82) is 0 Å². The molecule has 0 fully saturated rings. The van der Waals surface area contributed by atoms with Crippen molar-refractivity contribution in [2.45, 2.75) is 13.3 Å². The summed E-state index contributed by atoms with van der Waals surface area (Å²) in [5.74, 6) is -0.292. The van der Waals surface area contributed by atoms with Crippen molar-refractivity contribution < 1.29 is 14.7 Å². The van der Waals surface area contributed by atoms with Gasteiger partial charge in [0.05, 0.1) is 17.9 Å². The Kier molecular flexibility index (Phi) is 5.27. The Bertz CT molecular complexity index is 379. The first-order valence-electron chi connectivity index (χ1n) is 4.59. The van der Waals surface area contributed by atoms with Gasteiger partial charge in [0, 0.05) is 11.1 Å². The highest BCUT2D eigenvalue weighted by atomic mass is 32.2. The minimum absolute atomic E-state index is 0.0777. The van der Waals surface area contributed by atoms with Crippen LogP contribution < -0.4 is 5.32 Å². The van der Waals surface area contributed by atoms with Crippen LogP contribution in [0.5, 0.6) is 0 Å². The molecule has 0 aliphatic heterocycles. The van der Waals surface area contributed by atoms with Gasteiger partial charge in [0.15, 0.2) is 5.13 Å². The maximum Gasteiger partial charge on any atom is 0.304 e. The molecule has 0 unspecified atom stereocenters. The van der Waals surface area contributed by atoms with Crippen LogP contribution in [-0.2, 0) is 9.59 Å². The lowest BCUT2D eigenvalue weighted by Crippen LogP contribution is -2.14. The molecule has 1 heterocycles. The van der Waals surface area contributed by atoms with Gasteiger partial charge in [-0.25, -0.2) is 4.98 Å². The first-order valence-corrected chi connectivity index (χ1v) is 6.63. The molecule has 2 N–H and O–H groups in total. The first-order chi connectivity index (χ1) is 7.58.